The lowest BCUT2D eigenvalue weighted by molar-refractivity contribution is 0.525. The van der Waals surface area contributed by atoms with E-state index in [-0.39, 0.29) is 11.6 Å². The van der Waals surface area contributed by atoms with E-state index in [1.165, 1.54) is 0 Å². The number of hydrogen-bond acceptors (Lipinski definition) is 5. The number of oxazole rings is 1. The molecule has 0 aliphatic rings. The number of anilines is 1. The maximum Gasteiger partial charge on any atom is 0.210 e. The van der Waals surface area contributed by atoms with Crippen molar-refractivity contribution in [1.82, 2.24) is 4.98 Å². The van der Waals surface area contributed by atoms with Crippen LogP contribution in [-0.2, 0) is 15.6 Å². The van der Waals surface area contributed by atoms with E-state index in [0.29, 0.717) is 16.8 Å². The van der Waals surface area contributed by atoms with Crippen LogP contribution < -0.4 is 5.73 Å². The predicted octanol–water partition coefficient (Wildman–Crippen LogP) is 2.12. The summed E-state index contributed by atoms with van der Waals surface area (Å²) >= 11 is 0. The summed E-state index contributed by atoms with van der Waals surface area (Å²) in [6, 6.07) is 5.16. The summed E-state index contributed by atoms with van der Waals surface area (Å²) in [6.45, 7) is 4.96. The molecule has 1 aromatic carbocycles. The van der Waals surface area contributed by atoms with Gasteiger partial charge in [-0.15, -0.1) is 0 Å². The summed E-state index contributed by atoms with van der Waals surface area (Å²) in [5.74, 6) is -0.0391. The summed E-state index contributed by atoms with van der Waals surface area (Å²) < 4.78 is 28.7. The number of aromatic nitrogens is 1. The number of benzene rings is 1. The second-order valence-corrected chi connectivity index (χ2v) is 7.92. The molecule has 0 bridgehead atoms. The van der Waals surface area contributed by atoms with Crippen LogP contribution in [0.3, 0.4) is 0 Å². The van der Waals surface area contributed by atoms with Gasteiger partial charge in [0, 0.05) is 0 Å². The lowest BCUT2D eigenvalue weighted by Crippen LogP contribution is -2.29. The Balaban J connectivity index is 2.43. The van der Waals surface area contributed by atoms with Crippen molar-refractivity contribution in [3.8, 4) is 0 Å². The number of sulfone groups is 1. The van der Waals surface area contributed by atoms with E-state index in [9.17, 15) is 8.42 Å². The van der Waals surface area contributed by atoms with Gasteiger partial charge in [-0.1, -0.05) is 6.07 Å². The molecular formula is C12H16N2O3S. The first-order valence-electron chi connectivity index (χ1n) is 5.57. The fraction of sp³-hybridized carbons (Fsp3) is 0.417. The molecule has 0 radical (unpaired) electrons. The number of para-hydroxylation sites is 1. The molecular weight excluding hydrogens is 252 g/mol. The zero-order chi connectivity index (χ0) is 13.6. The molecule has 0 saturated carbocycles. The Bertz CT molecular complexity index is 681. The topological polar surface area (TPSA) is 86.2 Å². The summed E-state index contributed by atoms with van der Waals surface area (Å²) in [4.78, 5) is 4.14. The molecule has 1 heterocycles. The number of nitrogen functional groups attached to an aromatic ring is 1. The summed E-state index contributed by atoms with van der Waals surface area (Å²) in [5, 5.41) is 0. The van der Waals surface area contributed by atoms with Crippen LogP contribution in [-0.4, -0.2) is 18.1 Å². The molecule has 2 N–H and O–H groups in total. The average molecular weight is 268 g/mol. The van der Waals surface area contributed by atoms with Crippen LogP contribution in [0.4, 0.5) is 5.69 Å². The third kappa shape index (κ3) is 2.20. The molecule has 0 amide bonds. The van der Waals surface area contributed by atoms with E-state index in [4.69, 9.17) is 10.2 Å². The molecule has 1 aromatic heterocycles. The van der Waals surface area contributed by atoms with Gasteiger partial charge in [0.1, 0.15) is 11.3 Å². The molecule has 98 valence electrons. The number of fused-ring (bicyclic) bond motifs is 1. The summed E-state index contributed by atoms with van der Waals surface area (Å²) in [6.07, 6.45) is 0. The highest BCUT2D eigenvalue weighted by Gasteiger charge is 2.31. The van der Waals surface area contributed by atoms with Crippen molar-refractivity contribution in [3.63, 3.8) is 0 Å². The second kappa shape index (κ2) is 3.98. The summed E-state index contributed by atoms with van der Waals surface area (Å²) in [5.41, 5.74) is 7.25. The van der Waals surface area contributed by atoms with Gasteiger partial charge < -0.3 is 10.2 Å². The Kier molecular flexibility index (Phi) is 2.85. The van der Waals surface area contributed by atoms with E-state index < -0.39 is 14.6 Å². The van der Waals surface area contributed by atoms with E-state index in [1.807, 2.05) is 0 Å². The monoisotopic (exact) mass is 268 g/mol. The Hall–Kier alpha value is -1.56. The van der Waals surface area contributed by atoms with Gasteiger partial charge in [-0.05, 0) is 32.9 Å². The van der Waals surface area contributed by atoms with Gasteiger partial charge in [-0.2, -0.15) is 0 Å². The Morgan fingerprint density at radius 3 is 2.56 bits per heavy atom. The standard InChI is InChI=1S/C12H16N2O3S/c1-12(2,3)18(15,16)7-10-14-11-8(13)5-4-6-9(11)17-10/h4-6H,7,13H2,1-3H3. The van der Waals surface area contributed by atoms with Gasteiger partial charge in [-0.25, -0.2) is 13.4 Å². The van der Waals surface area contributed by atoms with Crippen molar-refractivity contribution < 1.29 is 12.8 Å². The zero-order valence-electron chi connectivity index (χ0n) is 10.6. The van der Waals surface area contributed by atoms with Gasteiger partial charge in [0.05, 0.1) is 10.4 Å². The minimum Gasteiger partial charge on any atom is -0.439 e. The zero-order valence-corrected chi connectivity index (χ0v) is 11.4. The molecule has 0 fully saturated rings. The molecule has 0 atom stereocenters. The fourth-order valence-corrected chi connectivity index (χ4v) is 2.34. The number of hydrogen-bond donors (Lipinski definition) is 1. The largest absolute Gasteiger partial charge is 0.439 e. The van der Waals surface area contributed by atoms with Gasteiger partial charge >= 0.3 is 0 Å². The predicted molar refractivity (Wildman–Crippen MR) is 70.8 cm³/mol. The normalized spacial score (nSPS) is 13.1. The van der Waals surface area contributed by atoms with Crippen molar-refractivity contribution in [3.05, 3.63) is 24.1 Å². The molecule has 6 heteroatoms. The Labute approximate surface area is 106 Å². The van der Waals surface area contributed by atoms with Crippen molar-refractivity contribution >= 4 is 26.6 Å². The maximum absolute atomic E-state index is 12.1. The highest BCUT2D eigenvalue weighted by molar-refractivity contribution is 7.91. The van der Waals surface area contributed by atoms with Crippen LogP contribution >= 0.6 is 0 Å². The Morgan fingerprint density at radius 1 is 1.33 bits per heavy atom. The number of nitrogens with zero attached hydrogens (tertiary/aromatic N) is 1. The molecule has 5 nitrogen and oxygen atoms in total. The molecule has 0 aliphatic carbocycles. The highest BCUT2D eigenvalue weighted by Crippen LogP contribution is 2.25. The number of nitrogens with two attached hydrogens (primary N) is 1. The highest BCUT2D eigenvalue weighted by atomic mass is 32.2. The van der Waals surface area contributed by atoms with Crippen molar-refractivity contribution in [1.29, 1.82) is 0 Å². The first-order chi connectivity index (χ1) is 8.21. The van der Waals surface area contributed by atoms with Crippen LogP contribution in [0, 0.1) is 0 Å². The van der Waals surface area contributed by atoms with E-state index in [0.717, 1.165) is 0 Å². The first-order valence-corrected chi connectivity index (χ1v) is 7.22. The smallest absolute Gasteiger partial charge is 0.210 e. The molecule has 0 aliphatic heterocycles. The minimum absolute atomic E-state index is 0.179. The van der Waals surface area contributed by atoms with Gasteiger partial charge in [0.25, 0.3) is 0 Å². The van der Waals surface area contributed by atoms with Crippen LogP contribution in [0.25, 0.3) is 11.1 Å². The van der Waals surface area contributed by atoms with Gasteiger partial charge in [-0.3, -0.25) is 0 Å². The van der Waals surface area contributed by atoms with E-state index >= 15 is 0 Å². The molecule has 0 spiro atoms. The lowest BCUT2D eigenvalue weighted by atomic mass is 10.3. The molecule has 0 unspecified atom stereocenters. The average Bonchev–Trinajstić information content (AvgIpc) is 2.59. The quantitative estimate of drug-likeness (QED) is 0.843. The third-order valence-corrected chi connectivity index (χ3v) is 5.23. The van der Waals surface area contributed by atoms with Crippen LogP contribution in [0.1, 0.15) is 26.7 Å². The first kappa shape index (κ1) is 12.9. The second-order valence-electron chi connectivity index (χ2n) is 5.17. The lowest BCUT2D eigenvalue weighted by Gasteiger charge is -2.17. The SMILES string of the molecule is CC(C)(C)S(=O)(=O)Cc1nc2c(N)cccc2o1. The van der Waals surface area contributed by atoms with Crippen LogP contribution in [0.2, 0.25) is 0 Å². The molecule has 18 heavy (non-hydrogen) atoms. The third-order valence-electron chi connectivity index (χ3n) is 2.74. The van der Waals surface area contributed by atoms with E-state index in [1.54, 1.807) is 39.0 Å². The molecule has 2 aromatic rings. The maximum atomic E-state index is 12.1. The van der Waals surface area contributed by atoms with E-state index in [2.05, 4.69) is 4.98 Å². The summed E-state index contributed by atoms with van der Waals surface area (Å²) in [7, 11) is -3.31. The minimum atomic E-state index is -3.31. The van der Waals surface area contributed by atoms with Crippen LogP contribution in [0.15, 0.2) is 22.6 Å². The fourth-order valence-electron chi connectivity index (χ4n) is 1.46. The Morgan fingerprint density at radius 2 is 2.00 bits per heavy atom. The van der Waals surface area contributed by atoms with Crippen molar-refractivity contribution in [2.45, 2.75) is 31.3 Å². The van der Waals surface area contributed by atoms with Crippen LogP contribution in [0.5, 0.6) is 0 Å². The van der Waals surface area contributed by atoms with Crippen molar-refractivity contribution in [2.24, 2.45) is 0 Å². The van der Waals surface area contributed by atoms with Crippen molar-refractivity contribution in [2.75, 3.05) is 5.73 Å². The van der Waals surface area contributed by atoms with Gasteiger partial charge in [0.15, 0.2) is 15.4 Å². The molecule has 2 rings (SSSR count). The molecule has 0 saturated heterocycles. The number of rotatable bonds is 2. The van der Waals surface area contributed by atoms with Gasteiger partial charge in [0.2, 0.25) is 5.89 Å².